The van der Waals surface area contributed by atoms with Crippen LogP contribution in [0.1, 0.15) is 34.6 Å². The predicted octanol–water partition coefficient (Wildman–Crippen LogP) is 2.72. The van der Waals surface area contributed by atoms with Crippen LogP contribution in [-0.2, 0) is 0 Å². The number of rotatable bonds is 1. The molecule has 1 saturated heterocycles. The normalized spacial score (nSPS) is 30.2. The van der Waals surface area contributed by atoms with Crippen LogP contribution in [0, 0.1) is 0 Å². The van der Waals surface area contributed by atoms with Gasteiger partial charge in [-0.25, -0.2) is 0 Å². The third kappa shape index (κ3) is 1.68. The van der Waals surface area contributed by atoms with Crippen molar-refractivity contribution >= 4 is 23.6 Å². The van der Waals surface area contributed by atoms with Crippen molar-refractivity contribution in [3.63, 3.8) is 0 Å². The van der Waals surface area contributed by atoms with Crippen molar-refractivity contribution in [3.05, 3.63) is 0 Å². The van der Waals surface area contributed by atoms with E-state index in [-0.39, 0.29) is 9.28 Å². The van der Waals surface area contributed by atoms with E-state index in [0.717, 1.165) is 6.54 Å². The Balaban J connectivity index is 2.81. The van der Waals surface area contributed by atoms with E-state index in [4.69, 9.17) is 23.6 Å². The highest BCUT2D eigenvalue weighted by Gasteiger charge is 2.63. The first-order valence-electron chi connectivity index (χ1n) is 4.58. The first kappa shape index (κ1) is 11.5. The Kier molecular flexibility index (Phi) is 2.88. The van der Waals surface area contributed by atoms with Gasteiger partial charge in [0.2, 0.25) is 23.6 Å². The molecule has 0 saturated carbocycles. The molecule has 78 valence electrons. The van der Waals surface area contributed by atoms with Crippen LogP contribution < -0.4 is 0 Å². The fraction of sp³-hybridized carbons (Fsp3) is 1.00. The van der Waals surface area contributed by atoms with Crippen LogP contribution in [0.2, 0.25) is 0 Å². The van der Waals surface area contributed by atoms with Crippen LogP contribution in [0.3, 0.4) is 0 Å². The third-order valence-corrected chi connectivity index (χ3v) is 3.08. The van der Waals surface area contributed by atoms with Gasteiger partial charge in [-0.15, -0.1) is 0 Å². The van der Waals surface area contributed by atoms with Gasteiger partial charge < -0.3 is 0 Å². The third-order valence-electron chi connectivity index (χ3n) is 2.36. The van der Waals surface area contributed by atoms with Gasteiger partial charge in [-0.05, 0) is 34.6 Å². The topological polar surface area (TPSA) is 6.48 Å². The van der Waals surface area contributed by atoms with E-state index in [1.165, 1.54) is 0 Å². The van der Waals surface area contributed by atoms with Crippen molar-refractivity contribution < 1.29 is 3.74 Å². The van der Waals surface area contributed by atoms with E-state index in [1.54, 1.807) is 0 Å². The minimum absolute atomic E-state index is 0.0193. The largest absolute Gasteiger partial charge is 0.236 e. The average molecular weight is 227 g/mol. The molecule has 5 heteroatoms. The summed E-state index contributed by atoms with van der Waals surface area (Å²) in [4.78, 5) is 0. The lowest BCUT2D eigenvalue weighted by atomic mass is 10.1. The predicted molar refractivity (Wildman–Crippen MR) is 55.4 cm³/mol. The van der Waals surface area contributed by atoms with E-state index in [0.29, 0.717) is 6.17 Å². The highest BCUT2D eigenvalue weighted by molar-refractivity contribution is 6.23. The van der Waals surface area contributed by atoms with Crippen molar-refractivity contribution in [2.24, 2.45) is 0 Å². The number of hydrogen-bond donors (Lipinski definition) is 0. The maximum atomic E-state index is 6.17. The van der Waals surface area contributed by atoms with Gasteiger partial charge >= 0.3 is 0 Å². The highest BCUT2D eigenvalue weighted by Crippen LogP contribution is 2.44. The molecule has 0 aromatic heterocycles. The zero-order valence-electron chi connectivity index (χ0n) is 8.88. The molecule has 0 aromatic carbocycles. The van der Waals surface area contributed by atoms with Crippen LogP contribution in [0.15, 0.2) is 0 Å². The van der Waals surface area contributed by atoms with Crippen molar-refractivity contribution in [1.29, 1.82) is 0 Å². The summed E-state index contributed by atoms with van der Waals surface area (Å²) < 4.78 is -0.166. The van der Waals surface area contributed by atoms with Gasteiger partial charge in [-0.1, -0.05) is 10.0 Å². The molecular formula is C8H18Cl2N3+. The molecule has 0 spiro atoms. The summed E-state index contributed by atoms with van der Waals surface area (Å²) in [5.41, 5.74) is -0.0193. The molecule has 1 heterocycles. The number of nitrogens with zero attached hydrogens (tertiary/aromatic N) is 3. The maximum Gasteiger partial charge on any atom is 0.236 e. The van der Waals surface area contributed by atoms with E-state index in [1.807, 2.05) is 16.9 Å². The number of halogens is 2. The van der Waals surface area contributed by atoms with Crippen molar-refractivity contribution in [3.8, 4) is 0 Å². The molecule has 0 radical (unpaired) electrons. The fourth-order valence-electron chi connectivity index (χ4n) is 1.96. The number of hydrogen-bond acceptors (Lipinski definition) is 2. The summed E-state index contributed by atoms with van der Waals surface area (Å²) in [6, 6.07) is 0. The molecule has 0 bridgehead atoms. The van der Waals surface area contributed by atoms with Gasteiger partial charge in [0.1, 0.15) is 0 Å². The second-order valence-corrected chi connectivity index (χ2v) is 5.47. The lowest BCUT2D eigenvalue weighted by Gasteiger charge is -2.56. The first-order valence-corrected chi connectivity index (χ1v) is 5.25. The Bertz CT molecular complexity index is 200. The summed E-state index contributed by atoms with van der Waals surface area (Å²) in [6.07, 6.45) is 0.292. The van der Waals surface area contributed by atoms with Crippen LogP contribution in [-0.4, -0.2) is 32.0 Å². The van der Waals surface area contributed by atoms with Crippen LogP contribution in [0.4, 0.5) is 0 Å². The van der Waals surface area contributed by atoms with E-state index < -0.39 is 0 Å². The summed E-state index contributed by atoms with van der Waals surface area (Å²) >= 11 is 12.3. The minimum atomic E-state index is -0.166. The monoisotopic (exact) mass is 226 g/mol. The van der Waals surface area contributed by atoms with Crippen molar-refractivity contribution in [2.75, 3.05) is 6.54 Å². The Labute approximate surface area is 90.5 Å². The number of quaternary nitrogens is 1. The average Bonchev–Trinajstić information content (AvgIpc) is 1.82. The minimum Gasteiger partial charge on any atom is -0.0766 e. The second kappa shape index (κ2) is 3.24. The first-order chi connectivity index (χ1) is 5.73. The Morgan fingerprint density at radius 3 is 2.00 bits per heavy atom. The summed E-state index contributed by atoms with van der Waals surface area (Å²) in [5.74, 6) is 0. The van der Waals surface area contributed by atoms with Gasteiger partial charge in [0, 0.05) is 3.74 Å². The van der Waals surface area contributed by atoms with Gasteiger partial charge in [-0.3, -0.25) is 0 Å². The molecule has 1 aliphatic heterocycles. The van der Waals surface area contributed by atoms with Gasteiger partial charge in [0.15, 0.2) is 6.17 Å². The van der Waals surface area contributed by atoms with Crippen LogP contribution >= 0.6 is 23.6 Å². The molecule has 1 unspecified atom stereocenters. The van der Waals surface area contributed by atoms with Gasteiger partial charge in [0.05, 0.1) is 12.1 Å². The van der Waals surface area contributed by atoms with Crippen LogP contribution in [0.25, 0.3) is 0 Å². The molecule has 0 N–H and O–H groups in total. The van der Waals surface area contributed by atoms with Gasteiger partial charge in [-0.2, -0.15) is 0 Å². The molecule has 3 nitrogen and oxygen atoms in total. The zero-order chi connectivity index (χ0) is 10.4. The molecule has 13 heavy (non-hydrogen) atoms. The smallest absolute Gasteiger partial charge is 0.0766 e. The van der Waals surface area contributed by atoms with Crippen LogP contribution in [0.5, 0.6) is 0 Å². The van der Waals surface area contributed by atoms with Gasteiger partial charge in [0.25, 0.3) is 0 Å². The summed E-state index contributed by atoms with van der Waals surface area (Å²) in [5, 5.41) is 4.04. The summed E-state index contributed by atoms with van der Waals surface area (Å²) in [7, 11) is 0. The molecule has 0 aliphatic carbocycles. The lowest BCUT2D eigenvalue weighted by Crippen LogP contribution is -2.80. The Morgan fingerprint density at radius 1 is 1.31 bits per heavy atom. The molecule has 1 rings (SSSR count). The second-order valence-electron chi connectivity index (χ2n) is 4.36. The Hall–Kier alpha value is 0.460. The summed E-state index contributed by atoms with van der Waals surface area (Å²) in [6.45, 7) is 11.3. The molecular weight excluding hydrogens is 209 g/mol. The lowest BCUT2D eigenvalue weighted by molar-refractivity contribution is -1.04. The van der Waals surface area contributed by atoms with Crippen molar-refractivity contribution in [2.45, 2.75) is 46.3 Å². The fourth-order valence-corrected chi connectivity index (χ4v) is 3.13. The highest BCUT2D eigenvalue weighted by atomic mass is 35.5. The molecule has 1 fully saturated rings. The standard InChI is InChI=1S/C8H18Cl2N3/c1-6-11-7(2)12(8(3,4)5)13(11,9)10/h7H,6H2,1-5H3/q+1. The van der Waals surface area contributed by atoms with E-state index in [9.17, 15) is 0 Å². The zero-order valence-corrected chi connectivity index (χ0v) is 10.4. The van der Waals surface area contributed by atoms with E-state index >= 15 is 0 Å². The Morgan fingerprint density at radius 2 is 1.77 bits per heavy atom. The molecule has 1 atom stereocenters. The maximum absolute atomic E-state index is 6.17. The molecule has 0 aromatic rings. The quantitative estimate of drug-likeness (QED) is 0.635. The molecule has 1 aliphatic rings. The van der Waals surface area contributed by atoms with Crippen molar-refractivity contribution in [1.82, 2.24) is 10.0 Å². The van der Waals surface area contributed by atoms with E-state index in [2.05, 4.69) is 27.7 Å². The SMILES string of the molecule is CCN1C(C)N(C(C)(C)C)[N+]1(Cl)Cl. The molecule has 0 amide bonds.